The number of hydrogen-bond acceptors (Lipinski definition) is 3. The molecule has 0 radical (unpaired) electrons. The fourth-order valence-electron chi connectivity index (χ4n) is 1.89. The number of rotatable bonds is 3. The molecule has 2 N–H and O–H groups in total. The van der Waals surface area contributed by atoms with Gasteiger partial charge < -0.3 is 10.6 Å². The Kier molecular flexibility index (Phi) is 3.50. The maximum Gasteiger partial charge on any atom is 0.280 e. The van der Waals surface area contributed by atoms with Crippen LogP contribution in [0.2, 0.25) is 0 Å². The molecular formula is C13H15FN4O. The van der Waals surface area contributed by atoms with Crippen LogP contribution in [0.1, 0.15) is 17.4 Å². The molecule has 2 aromatic rings. The van der Waals surface area contributed by atoms with Crippen LogP contribution >= 0.6 is 0 Å². The smallest absolute Gasteiger partial charge is 0.280 e. The quantitative estimate of drug-likeness (QED) is 0.917. The number of carbonyl (C=O) groups excluding carboxylic acids is 1. The molecule has 1 amide bonds. The van der Waals surface area contributed by atoms with Gasteiger partial charge in [-0.15, -0.1) is 0 Å². The molecule has 0 spiro atoms. The van der Waals surface area contributed by atoms with Crippen molar-refractivity contribution in [1.82, 2.24) is 9.78 Å². The van der Waals surface area contributed by atoms with Crippen molar-refractivity contribution in [3.8, 4) is 0 Å². The third-order valence-corrected chi connectivity index (χ3v) is 2.74. The third kappa shape index (κ3) is 2.57. The molecule has 0 saturated carbocycles. The van der Waals surface area contributed by atoms with Gasteiger partial charge in [0.1, 0.15) is 5.82 Å². The topological polar surface area (TPSA) is 64.2 Å². The summed E-state index contributed by atoms with van der Waals surface area (Å²) in [6, 6.07) is 5.86. The predicted molar refractivity (Wildman–Crippen MR) is 71.4 cm³/mol. The molecule has 19 heavy (non-hydrogen) atoms. The van der Waals surface area contributed by atoms with Gasteiger partial charge >= 0.3 is 0 Å². The molecule has 1 heterocycles. The standard InChI is InChI=1S/C13H15FN4O/c1-3-18(10-6-4-5-9(14)7-10)13(19)12-11(15)8-17(2)16-12/h4-8H,3,15H2,1-2H3. The molecular weight excluding hydrogens is 247 g/mol. The Morgan fingerprint density at radius 1 is 1.53 bits per heavy atom. The number of hydrogen-bond donors (Lipinski definition) is 1. The minimum atomic E-state index is -0.391. The van der Waals surface area contributed by atoms with Crippen molar-refractivity contribution < 1.29 is 9.18 Å². The second kappa shape index (κ2) is 5.09. The first kappa shape index (κ1) is 13.1. The van der Waals surface area contributed by atoms with E-state index in [-0.39, 0.29) is 11.6 Å². The molecule has 0 aliphatic rings. The van der Waals surface area contributed by atoms with E-state index in [2.05, 4.69) is 5.10 Å². The normalized spacial score (nSPS) is 10.5. The number of nitrogens with two attached hydrogens (primary N) is 1. The van der Waals surface area contributed by atoms with Gasteiger partial charge in [-0.2, -0.15) is 5.10 Å². The maximum atomic E-state index is 13.2. The molecule has 1 aromatic heterocycles. The first-order valence-electron chi connectivity index (χ1n) is 5.89. The average molecular weight is 262 g/mol. The number of benzene rings is 1. The average Bonchev–Trinajstić information content (AvgIpc) is 2.69. The summed E-state index contributed by atoms with van der Waals surface area (Å²) in [6.45, 7) is 2.21. The van der Waals surface area contributed by atoms with Crippen LogP contribution in [-0.2, 0) is 7.05 Å². The van der Waals surface area contributed by atoms with E-state index in [9.17, 15) is 9.18 Å². The lowest BCUT2D eigenvalue weighted by molar-refractivity contribution is 0.0983. The van der Waals surface area contributed by atoms with E-state index in [0.29, 0.717) is 17.9 Å². The molecule has 6 heteroatoms. The van der Waals surface area contributed by atoms with E-state index in [4.69, 9.17) is 5.73 Å². The summed E-state index contributed by atoms with van der Waals surface area (Å²) >= 11 is 0. The molecule has 2 rings (SSSR count). The molecule has 0 fully saturated rings. The molecule has 1 aromatic carbocycles. The summed E-state index contributed by atoms with van der Waals surface area (Å²) in [5.41, 5.74) is 6.70. The van der Waals surface area contributed by atoms with E-state index in [1.165, 1.54) is 21.7 Å². The van der Waals surface area contributed by atoms with E-state index in [0.717, 1.165) is 0 Å². The fraction of sp³-hybridized carbons (Fsp3) is 0.231. The molecule has 0 saturated heterocycles. The van der Waals surface area contributed by atoms with Gasteiger partial charge in [0.25, 0.3) is 5.91 Å². The van der Waals surface area contributed by atoms with Crippen LogP contribution in [-0.4, -0.2) is 22.2 Å². The fourth-order valence-corrected chi connectivity index (χ4v) is 1.89. The van der Waals surface area contributed by atoms with Gasteiger partial charge in [-0.1, -0.05) is 6.07 Å². The van der Waals surface area contributed by atoms with Crippen LogP contribution in [0.3, 0.4) is 0 Å². The molecule has 0 aliphatic carbocycles. The largest absolute Gasteiger partial charge is 0.396 e. The minimum absolute atomic E-state index is 0.175. The van der Waals surface area contributed by atoms with Crippen molar-refractivity contribution in [2.45, 2.75) is 6.92 Å². The lowest BCUT2D eigenvalue weighted by atomic mass is 10.2. The second-order valence-corrected chi connectivity index (χ2v) is 4.14. The lowest BCUT2D eigenvalue weighted by Gasteiger charge is -2.20. The summed E-state index contributed by atoms with van der Waals surface area (Å²) in [7, 11) is 1.69. The zero-order chi connectivity index (χ0) is 14.0. The number of nitrogen functional groups attached to an aromatic ring is 1. The summed E-state index contributed by atoms with van der Waals surface area (Å²) in [5.74, 6) is -0.732. The molecule has 0 aliphatic heterocycles. The highest BCUT2D eigenvalue weighted by atomic mass is 19.1. The van der Waals surface area contributed by atoms with Gasteiger partial charge in [-0.05, 0) is 25.1 Å². The molecule has 5 nitrogen and oxygen atoms in total. The monoisotopic (exact) mass is 262 g/mol. The van der Waals surface area contributed by atoms with Gasteiger partial charge in [0.05, 0.1) is 5.69 Å². The molecule has 0 unspecified atom stereocenters. The van der Waals surface area contributed by atoms with Gasteiger partial charge in [0.15, 0.2) is 5.69 Å². The number of aryl methyl sites for hydroxylation is 1. The van der Waals surface area contributed by atoms with Crippen LogP contribution < -0.4 is 10.6 Å². The van der Waals surface area contributed by atoms with E-state index in [1.54, 1.807) is 25.4 Å². The van der Waals surface area contributed by atoms with Crippen LogP contribution in [0, 0.1) is 5.82 Å². The van der Waals surface area contributed by atoms with Crippen molar-refractivity contribution >= 4 is 17.3 Å². The number of halogens is 1. The number of anilines is 2. The van der Waals surface area contributed by atoms with E-state index < -0.39 is 5.82 Å². The second-order valence-electron chi connectivity index (χ2n) is 4.14. The number of aromatic nitrogens is 2. The molecule has 0 atom stereocenters. The zero-order valence-electron chi connectivity index (χ0n) is 10.8. The van der Waals surface area contributed by atoms with Gasteiger partial charge in [0, 0.05) is 25.5 Å². The highest BCUT2D eigenvalue weighted by molar-refractivity contribution is 6.07. The summed E-state index contributed by atoms with van der Waals surface area (Å²) in [5, 5.41) is 4.03. The van der Waals surface area contributed by atoms with Crippen LogP contribution in [0.4, 0.5) is 15.8 Å². The Morgan fingerprint density at radius 3 is 2.79 bits per heavy atom. The van der Waals surface area contributed by atoms with E-state index >= 15 is 0 Å². The minimum Gasteiger partial charge on any atom is -0.396 e. The van der Waals surface area contributed by atoms with Crippen molar-refractivity contribution in [2.75, 3.05) is 17.2 Å². The SMILES string of the molecule is CCN(C(=O)c1nn(C)cc1N)c1cccc(F)c1. The first-order chi connectivity index (χ1) is 9.02. The Bertz CT molecular complexity index is 608. The Morgan fingerprint density at radius 2 is 2.26 bits per heavy atom. The first-order valence-corrected chi connectivity index (χ1v) is 5.89. The number of nitrogens with zero attached hydrogens (tertiary/aromatic N) is 3. The maximum absolute atomic E-state index is 13.2. The Hall–Kier alpha value is -2.37. The summed E-state index contributed by atoms with van der Waals surface area (Å²) in [6.07, 6.45) is 1.56. The third-order valence-electron chi connectivity index (χ3n) is 2.74. The van der Waals surface area contributed by atoms with Crippen molar-refractivity contribution in [1.29, 1.82) is 0 Å². The van der Waals surface area contributed by atoms with Crippen molar-refractivity contribution in [3.63, 3.8) is 0 Å². The highest BCUT2D eigenvalue weighted by Crippen LogP contribution is 2.19. The highest BCUT2D eigenvalue weighted by Gasteiger charge is 2.21. The number of amides is 1. The summed E-state index contributed by atoms with van der Waals surface area (Å²) in [4.78, 5) is 13.8. The molecule has 100 valence electrons. The van der Waals surface area contributed by atoms with Crippen LogP contribution in [0.5, 0.6) is 0 Å². The predicted octanol–water partition coefficient (Wildman–Crippen LogP) is 1.81. The lowest BCUT2D eigenvalue weighted by Crippen LogP contribution is -2.31. The Labute approximate surface area is 110 Å². The van der Waals surface area contributed by atoms with Crippen LogP contribution in [0.25, 0.3) is 0 Å². The van der Waals surface area contributed by atoms with Gasteiger partial charge in [0.2, 0.25) is 0 Å². The van der Waals surface area contributed by atoms with Gasteiger partial charge in [-0.25, -0.2) is 4.39 Å². The molecule has 0 bridgehead atoms. The Balaban J connectivity index is 2.37. The van der Waals surface area contributed by atoms with E-state index in [1.807, 2.05) is 6.92 Å². The zero-order valence-corrected chi connectivity index (χ0v) is 10.8. The van der Waals surface area contributed by atoms with Gasteiger partial charge in [-0.3, -0.25) is 9.48 Å². The number of carbonyl (C=O) groups is 1. The van der Waals surface area contributed by atoms with Crippen molar-refractivity contribution in [2.24, 2.45) is 7.05 Å². The van der Waals surface area contributed by atoms with Crippen molar-refractivity contribution in [3.05, 3.63) is 42.0 Å². The van der Waals surface area contributed by atoms with Crippen LogP contribution in [0.15, 0.2) is 30.5 Å². The summed E-state index contributed by atoms with van der Waals surface area (Å²) < 4.78 is 14.7.